The Bertz CT molecular complexity index is 11.6. The van der Waals surface area contributed by atoms with Gasteiger partial charge < -0.3 is 4.43 Å². The van der Waals surface area contributed by atoms with Gasteiger partial charge in [-0.25, -0.2) is 0 Å². The van der Waals surface area contributed by atoms with E-state index >= 15 is 0 Å². The number of hydrogen-bond donors (Lipinski definition) is 0. The molecule has 0 N–H and O–H groups in total. The van der Waals surface area contributed by atoms with E-state index in [1.54, 1.807) is 0 Å². The van der Waals surface area contributed by atoms with E-state index in [0.717, 1.165) is 17.1 Å². The van der Waals surface area contributed by atoms with Crippen LogP contribution < -0.4 is 0 Å². The van der Waals surface area contributed by atoms with Gasteiger partial charge >= 0.3 is 0 Å². The van der Waals surface area contributed by atoms with Crippen LogP contribution in [0.25, 0.3) is 0 Å². The van der Waals surface area contributed by atoms with E-state index in [0.29, 0.717) is 0 Å². The summed E-state index contributed by atoms with van der Waals surface area (Å²) in [6.45, 7) is 2.87. The minimum Gasteiger partial charge on any atom is -0.428 e. The molecule has 0 heterocycles. The van der Waals surface area contributed by atoms with Gasteiger partial charge in [-0.1, -0.05) is 0 Å². The van der Waals surface area contributed by atoms with Crippen LogP contribution in [0.15, 0.2) is 0 Å². The minimum absolute atomic E-state index is 0. The first-order valence-corrected chi connectivity index (χ1v) is 2.22. The van der Waals surface area contributed by atoms with Gasteiger partial charge in [-0.05, 0) is 6.92 Å². The molecule has 0 spiro atoms. The van der Waals surface area contributed by atoms with Crippen LogP contribution in [-0.2, 0) is 4.43 Å². The normalized spacial score (nSPS) is 6.60. The third-order valence-electron chi connectivity index (χ3n) is 0.289. The SMILES string of the molecule is CCO[SiH3].[Ar]. The van der Waals surface area contributed by atoms with E-state index in [9.17, 15) is 0 Å². The van der Waals surface area contributed by atoms with Crippen molar-refractivity contribution in [2.24, 2.45) is 0 Å². The first-order valence-electron chi connectivity index (χ1n) is 1.40. The van der Waals surface area contributed by atoms with Crippen molar-refractivity contribution in [3.63, 3.8) is 0 Å². The van der Waals surface area contributed by atoms with Gasteiger partial charge in [0.25, 0.3) is 0 Å². The van der Waals surface area contributed by atoms with Gasteiger partial charge in [-0.2, -0.15) is 0 Å². The van der Waals surface area contributed by atoms with E-state index in [1.807, 2.05) is 6.92 Å². The van der Waals surface area contributed by atoms with Gasteiger partial charge in [-0.15, -0.1) is 0 Å². The number of hydrogen-bond acceptors (Lipinski definition) is 1. The van der Waals surface area contributed by atoms with Gasteiger partial charge in [0.05, 0.1) is 0 Å². The Morgan fingerprint density at radius 1 is 1.80 bits per heavy atom. The second-order valence-electron chi connectivity index (χ2n) is 0.577. The standard InChI is InChI=1S/C2H8OSi.Ar/c1-2-3-4;/h2H2,1,4H3;. The molecule has 0 aliphatic heterocycles. The summed E-state index contributed by atoms with van der Waals surface area (Å²) in [6.07, 6.45) is 0. The summed E-state index contributed by atoms with van der Waals surface area (Å²) in [7, 11) is 0.890. The molecule has 0 aromatic heterocycles. The maximum absolute atomic E-state index is 4.68. The van der Waals surface area contributed by atoms with Crippen LogP contribution in [0.2, 0.25) is 0 Å². The van der Waals surface area contributed by atoms with Crippen molar-refractivity contribution >= 4 is 10.5 Å². The molecule has 1 nitrogen and oxygen atoms in total. The zero-order chi connectivity index (χ0) is 3.41. The van der Waals surface area contributed by atoms with Crippen molar-refractivity contribution in [2.75, 3.05) is 6.61 Å². The predicted molar refractivity (Wildman–Crippen MR) is 21.6 cm³/mol. The van der Waals surface area contributed by atoms with E-state index in [4.69, 9.17) is 0 Å². The molecule has 0 amide bonds. The van der Waals surface area contributed by atoms with E-state index < -0.39 is 0 Å². The Labute approximate surface area is 65.6 Å². The molecule has 0 rings (SSSR count). The van der Waals surface area contributed by atoms with Gasteiger partial charge in [-0.3, -0.25) is 0 Å². The smallest absolute Gasteiger partial charge is 0.145 e. The second-order valence-corrected chi connectivity index (χ2v) is 1.15. The maximum atomic E-state index is 4.68. The molecule has 34 valence electrons. The topological polar surface area (TPSA) is 9.23 Å². The van der Waals surface area contributed by atoms with Crippen LogP contribution in [0.3, 0.4) is 0 Å². The van der Waals surface area contributed by atoms with Crippen LogP contribution in [0, 0.1) is 37.7 Å². The van der Waals surface area contributed by atoms with E-state index in [2.05, 4.69) is 4.43 Å². The third-order valence-corrected chi connectivity index (χ3v) is 0.866. The Kier molecular flexibility index (Phi) is 17.5. The maximum Gasteiger partial charge on any atom is 0.145 e. The largest absolute Gasteiger partial charge is 0.428 e. The summed E-state index contributed by atoms with van der Waals surface area (Å²) in [6, 6.07) is 0. The van der Waals surface area contributed by atoms with Crippen molar-refractivity contribution in [1.82, 2.24) is 0 Å². The fraction of sp³-hybridized carbons (Fsp3) is 1.00. The van der Waals surface area contributed by atoms with Crippen LogP contribution in [-0.4, -0.2) is 17.1 Å². The molecule has 0 aromatic rings. The third kappa shape index (κ3) is 10.8. The molecule has 0 unspecified atom stereocenters. The van der Waals surface area contributed by atoms with Crippen molar-refractivity contribution < 1.29 is 42.2 Å². The van der Waals surface area contributed by atoms with Crippen molar-refractivity contribution in [3.05, 3.63) is 0 Å². The fourth-order valence-electron chi connectivity index (χ4n) is 0. The van der Waals surface area contributed by atoms with Crippen molar-refractivity contribution in [2.45, 2.75) is 6.92 Å². The summed E-state index contributed by atoms with van der Waals surface area (Å²) in [5.74, 6) is 0. The van der Waals surface area contributed by atoms with E-state index in [1.165, 1.54) is 0 Å². The van der Waals surface area contributed by atoms with E-state index in [-0.39, 0.29) is 37.7 Å². The van der Waals surface area contributed by atoms with Crippen LogP contribution in [0.4, 0.5) is 0 Å². The van der Waals surface area contributed by atoms with Gasteiger partial charge in [0.1, 0.15) is 10.5 Å². The monoisotopic (exact) mass is 116 g/mol. The average molecular weight is 116 g/mol. The molecule has 0 saturated carbocycles. The summed E-state index contributed by atoms with van der Waals surface area (Å²) in [5, 5.41) is 0. The average Bonchev–Trinajstić information content (AvgIpc) is 1.37. The predicted octanol–water partition coefficient (Wildman–Crippen LogP) is -0.697. The Hall–Kier alpha value is 1.44. The molecule has 0 aromatic carbocycles. The molecule has 5 heavy (non-hydrogen) atoms. The molecule has 0 saturated heterocycles. The van der Waals surface area contributed by atoms with Crippen LogP contribution in [0.5, 0.6) is 0 Å². The molecular formula is C2H8ArOSi. The summed E-state index contributed by atoms with van der Waals surface area (Å²) < 4.78 is 4.68. The summed E-state index contributed by atoms with van der Waals surface area (Å²) in [4.78, 5) is 0. The molecule has 0 bridgehead atoms. The minimum atomic E-state index is 0. The number of rotatable bonds is 1. The van der Waals surface area contributed by atoms with Crippen molar-refractivity contribution in [3.8, 4) is 0 Å². The zero-order valence-electron chi connectivity index (χ0n) is 3.47. The molecule has 0 aliphatic rings. The summed E-state index contributed by atoms with van der Waals surface area (Å²) in [5.41, 5.74) is 0. The fourth-order valence-corrected chi connectivity index (χ4v) is 0. The second kappa shape index (κ2) is 9.06. The molecule has 0 aliphatic carbocycles. The van der Waals surface area contributed by atoms with Gasteiger partial charge in [0, 0.05) is 44.3 Å². The first kappa shape index (κ1) is 9.67. The van der Waals surface area contributed by atoms with Gasteiger partial charge in [0.2, 0.25) is 0 Å². The first-order chi connectivity index (χ1) is 1.91. The Morgan fingerprint density at radius 2 is 2.00 bits per heavy atom. The zero-order valence-corrected chi connectivity index (χ0v) is 6.18. The van der Waals surface area contributed by atoms with Crippen molar-refractivity contribution in [1.29, 1.82) is 0 Å². The molecule has 3 heteroatoms. The summed E-state index contributed by atoms with van der Waals surface area (Å²) >= 11 is 0. The van der Waals surface area contributed by atoms with Gasteiger partial charge in [0.15, 0.2) is 0 Å². The quantitative estimate of drug-likeness (QED) is 0.412. The molecule has 0 atom stereocenters. The Morgan fingerprint density at radius 3 is 2.00 bits per heavy atom. The molecular weight excluding hydrogens is 108 g/mol. The Balaban J connectivity index is 0. The van der Waals surface area contributed by atoms with Crippen LogP contribution >= 0.6 is 0 Å². The molecule has 0 radical (unpaired) electrons. The van der Waals surface area contributed by atoms with Crippen LogP contribution in [0.1, 0.15) is 6.92 Å². The molecule has 0 fully saturated rings.